The average Bonchev–Trinajstić information content (AvgIpc) is 2.17. The molecule has 1 atom stereocenters. The van der Waals surface area contributed by atoms with Crippen LogP contribution in [0.25, 0.3) is 0 Å². The minimum Gasteiger partial charge on any atom is -0.352 e. The maximum Gasteiger partial charge on any atom is 0.251 e. The van der Waals surface area contributed by atoms with Gasteiger partial charge in [0, 0.05) is 18.2 Å². The summed E-state index contributed by atoms with van der Waals surface area (Å²) in [7, 11) is 0. The summed E-state index contributed by atoms with van der Waals surface area (Å²) in [6.45, 7) is 4.53. The molecular weight excluding hydrogens is 188 g/mol. The topological polar surface area (TPSA) is 55.1 Å². The van der Waals surface area contributed by atoms with Gasteiger partial charge >= 0.3 is 0 Å². The second-order valence-corrected chi connectivity index (χ2v) is 3.89. The van der Waals surface area contributed by atoms with E-state index < -0.39 is 0 Å². The second kappa shape index (κ2) is 5.51. The number of aryl methyl sites for hydroxylation is 1. The van der Waals surface area contributed by atoms with Gasteiger partial charge in [0.2, 0.25) is 0 Å². The molecule has 0 radical (unpaired) electrons. The maximum absolute atomic E-state index is 11.6. The number of carbonyl (C=O) groups excluding carboxylic acids is 1. The Hall–Kier alpha value is -1.35. The molecular formula is C12H18N2O. The number of nitrogens with one attached hydrogen (secondary N) is 1. The minimum absolute atomic E-state index is 0.0284. The van der Waals surface area contributed by atoms with Crippen LogP contribution in [0.2, 0.25) is 0 Å². The Labute approximate surface area is 90.7 Å². The highest BCUT2D eigenvalue weighted by atomic mass is 16.1. The lowest BCUT2D eigenvalue weighted by atomic mass is 10.1. The van der Waals surface area contributed by atoms with Gasteiger partial charge < -0.3 is 11.1 Å². The predicted molar refractivity (Wildman–Crippen MR) is 61.8 cm³/mol. The number of hydrogen-bond acceptors (Lipinski definition) is 2. The van der Waals surface area contributed by atoms with Crippen LogP contribution in [0.5, 0.6) is 0 Å². The molecule has 1 aromatic rings. The molecule has 82 valence electrons. The molecule has 1 aromatic carbocycles. The first-order chi connectivity index (χ1) is 7.09. The van der Waals surface area contributed by atoms with Crippen molar-refractivity contribution in [2.24, 2.45) is 5.73 Å². The van der Waals surface area contributed by atoms with E-state index in [0.29, 0.717) is 12.1 Å². The summed E-state index contributed by atoms with van der Waals surface area (Å²) in [5.41, 5.74) is 7.39. The van der Waals surface area contributed by atoms with E-state index in [9.17, 15) is 4.79 Å². The van der Waals surface area contributed by atoms with Crippen LogP contribution in [0.15, 0.2) is 24.3 Å². The number of benzene rings is 1. The predicted octanol–water partition coefficient (Wildman–Crippen LogP) is 1.46. The lowest BCUT2D eigenvalue weighted by molar-refractivity contribution is 0.0952. The average molecular weight is 206 g/mol. The molecule has 0 heterocycles. The van der Waals surface area contributed by atoms with E-state index in [1.54, 1.807) is 0 Å². The van der Waals surface area contributed by atoms with Crippen molar-refractivity contribution >= 4 is 5.91 Å². The number of amides is 1. The molecule has 0 saturated carbocycles. The Bertz CT molecular complexity index is 334. The molecule has 15 heavy (non-hydrogen) atoms. The van der Waals surface area contributed by atoms with Gasteiger partial charge in [0.05, 0.1) is 0 Å². The van der Waals surface area contributed by atoms with Crippen LogP contribution in [0.3, 0.4) is 0 Å². The smallest absolute Gasteiger partial charge is 0.251 e. The van der Waals surface area contributed by atoms with Crippen molar-refractivity contribution in [3.63, 3.8) is 0 Å². The molecule has 1 unspecified atom stereocenters. The number of carbonyl (C=O) groups is 1. The fourth-order valence-electron chi connectivity index (χ4n) is 1.30. The third-order valence-corrected chi connectivity index (χ3v) is 2.17. The Morgan fingerprint density at radius 1 is 1.53 bits per heavy atom. The Balaban J connectivity index is 2.47. The lowest BCUT2D eigenvalue weighted by Gasteiger charge is -2.07. The van der Waals surface area contributed by atoms with Gasteiger partial charge in [-0.05, 0) is 32.4 Å². The molecule has 3 heteroatoms. The third kappa shape index (κ3) is 4.13. The molecule has 0 fully saturated rings. The normalized spacial score (nSPS) is 12.2. The molecule has 1 rings (SSSR count). The molecule has 0 aromatic heterocycles. The minimum atomic E-state index is -0.0284. The zero-order valence-electron chi connectivity index (χ0n) is 9.29. The van der Waals surface area contributed by atoms with Crippen LogP contribution in [0.1, 0.15) is 29.3 Å². The van der Waals surface area contributed by atoms with E-state index in [-0.39, 0.29) is 11.9 Å². The summed E-state index contributed by atoms with van der Waals surface area (Å²) in [4.78, 5) is 11.6. The summed E-state index contributed by atoms with van der Waals surface area (Å²) in [6, 6.07) is 7.67. The van der Waals surface area contributed by atoms with Crippen molar-refractivity contribution in [3.8, 4) is 0 Å². The quantitative estimate of drug-likeness (QED) is 0.783. The third-order valence-electron chi connectivity index (χ3n) is 2.17. The van der Waals surface area contributed by atoms with Crippen LogP contribution >= 0.6 is 0 Å². The van der Waals surface area contributed by atoms with E-state index in [1.165, 1.54) is 0 Å². The van der Waals surface area contributed by atoms with Crippen molar-refractivity contribution < 1.29 is 4.79 Å². The monoisotopic (exact) mass is 206 g/mol. The molecule has 3 nitrogen and oxygen atoms in total. The molecule has 0 saturated heterocycles. The van der Waals surface area contributed by atoms with E-state index in [0.717, 1.165) is 12.0 Å². The fraction of sp³-hybridized carbons (Fsp3) is 0.417. The van der Waals surface area contributed by atoms with Crippen molar-refractivity contribution in [2.75, 3.05) is 6.54 Å². The van der Waals surface area contributed by atoms with Gasteiger partial charge in [0.15, 0.2) is 0 Å². The molecule has 0 aliphatic carbocycles. The van der Waals surface area contributed by atoms with E-state index in [2.05, 4.69) is 5.32 Å². The summed E-state index contributed by atoms with van der Waals surface area (Å²) in [6.07, 6.45) is 0.803. The van der Waals surface area contributed by atoms with Crippen LogP contribution in [0, 0.1) is 6.92 Å². The van der Waals surface area contributed by atoms with E-state index in [4.69, 9.17) is 5.73 Å². The van der Waals surface area contributed by atoms with Crippen LogP contribution in [-0.4, -0.2) is 18.5 Å². The first kappa shape index (κ1) is 11.7. The van der Waals surface area contributed by atoms with Gasteiger partial charge in [0.1, 0.15) is 0 Å². The van der Waals surface area contributed by atoms with Gasteiger partial charge in [-0.2, -0.15) is 0 Å². The molecule has 3 N–H and O–H groups in total. The summed E-state index contributed by atoms with van der Waals surface area (Å²) in [5, 5.41) is 2.84. The summed E-state index contributed by atoms with van der Waals surface area (Å²) in [5.74, 6) is -0.0284. The Morgan fingerprint density at radius 2 is 2.27 bits per heavy atom. The summed E-state index contributed by atoms with van der Waals surface area (Å²) < 4.78 is 0. The number of hydrogen-bond donors (Lipinski definition) is 2. The van der Waals surface area contributed by atoms with Crippen molar-refractivity contribution in [2.45, 2.75) is 26.3 Å². The molecule has 0 aliphatic heterocycles. The van der Waals surface area contributed by atoms with Crippen LogP contribution < -0.4 is 11.1 Å². The zero-order chi connectivity index (χ0) is 11.3. The van der Waals surface area contributed by atoms with Crippen molar-refractivity contribution in [1.29, 1.82) is 0 Å². The number of rotatable bonds is 4. The van der Waals surface area contributed by atoms with Crippen LogP contribution in [-0.2, 0) is 0 Å². The number of nitrogens with two attached hydrogens (primary N) is 1. The van der Waals surface area contributed by atoms with Gasteiger partial charge in [-0.1, -0.05) is 17.7 Å². The standard InChI is InChI=1S/C12H18N2O/c1-9-4-3-5-11(8-9)12(15)14-7-6-10(2)13/h3-5,8,10H,6-7,13H2,1-2H3,(H,14,15). The first-order valence-corrected chi connectivity index (χ1v) is 5.20. The Kier molecular flexibility index (Phi) is 4.31. The van der Waals surface area contributed by atoms with Gasteiger partial charge in [-0.3, -0.25) is 4.79 Å². The fourth-order valence-corrected chi connectivity index (χ4v) is 1.30. The summed E-state index contributed by atoms with van der Waals surface area (Å²) >= 11 is 0. The highest BCUT2D eigenvalue weighted by Crippen LogP contribution is 2.03. The first-order valence-electron chi connectivity index (χ1n) is 5.20. The molecule has 0 spiro atoms. The highest BCUT2D eigenvalue weighted by Gasteiger charge is 2.04. The molecule has 0 aliphatic rings. The SMILES string of the molecule is Cc1cccc(C(=O)NCCC(C)N)c1. The second-order valence-electron chi connectivity index (χ2n) is 3.89. The van der Waals surface area contributed by atoms with E-state index in [1.807, 2.05) is 38.1 Å². The maximum atomic E-state index is 11.6. The van der Waals surface area contributed by atoms with Gasteiger partial charge in [-0.15, -0.1) is 0 Å². The zero-order valence-corrected chi connectivity index (χ0v) is 9.29. The lowest BCUT2D eigenvalue weighted by Crippen LogP contribution is -2.28. The largest absolute Gasteiger partial charge is 0.352 e. The highest BCUT2D eigenvalue weighted by molar-refractivity contribution is 5.94. The van der Waals surface area contributed by atoms with Crippen molar-refractivity contribution in [3.05, 3.63) is 35.4 Å². The molecule has 1 amide bonds. The van der Waals surface area contributed by atoms with Gasteiger partial charge in [0.25, 0.3) is 5.91 Å². The van der Waals surface area contributed by atoms with Crippen LogP contribution in [0.4, 0.5) is 0 Å². The van der Waals surface area contributed by atoms with Crippen molar-refractivity contribution in [1.82, 2.24) is 5.32 Å². The molecule has 0 bridgehead atoms. The van der Waals surface area contributed by atoms with E-state index >= 15 is 0 Å². The Morgan fingerprint density at radius 3 is 2.87 bits per heavy atom. The van der Waals surface area contributed by atoms with Gasteiger partial charge in [-0.25, -0.2) is 0 Å².